The Labute approximate surface area is 114 Å². The van der Waals surface area contributed by atoms with Gasteiger partial charge in [0.2, 0.25) is 10.0 Å². The van der Waals surface area contributed by atoms with E-state index in [1.165, 1.54) is 22.8 Å². The number of nitrogens with one attached hydrogen (secondary N) is 2. The number of sulfonamides is 1. The maximum atomic E-state index is 11.8. The topological polar surface area (TPSA) is 121 Å². The third kappa shape index (κ3) is 3.06. The highest BCUT2D eigenvalue weighted by Crippen LogP contribution is 2.12. The molecule has 1 aromatic carbocycles. The van der Waals surface area contributed by atoms with Gasteiger partial charge in [-0.3, -0.25) is 4.57 Å². The van der Waals surface area contributed by atoms with E-state index in [2.05, 4.69) is 9.71 Å². The van der Waals surface area contributed by atoms with E-state index >= 15 is 0 Å². The van der Waals surface area contributed by atoms with Crippen molar-refractivity contribution >= 4 is 27.0 Å². The molecule has 0 amide bonds. The zero-order valence-electron chi connectivity index (χ0n) is 10.6. The number of H-pyrrole nitrogens is 1. The average Bonchev–Trinajstić information content (AvgIpc) is 2.63. The van der Waals surface area contributed by atoms with Crippen LogP contribution in [0.25, 0.3) is 11.0 Å². The Balaban J connectivity index is 2.36. The molecule has 3 N–H and O–H groups in total. The van der Waals surface area contributed by atoms with Crippen LogP contribution in [0.2, 0.25) is 0 Å². The zero-order valence-corrected chi connectivity index (χ0v) is 11.4. The van der Waals surface area contributed by atoms with Crippen LogP contribution in [0, 0.1) is 0 Å². The smallest absolute Gasteiger partial charge is 0.335 e. The molecule has 0 aliphatic heterocycles. The molecule has 0 aliphatic carbocycles. The van der Waals surface area contributed by atoms with Gasteiger partial charge in [0.05, 0.1) is 22.9 Å². The van der Waals surface area contributed by atoms with Gasteiger partial charge in [0.1, 0.15) is 0 Å². The Bertz CT molecular complexity index is 818. The van der Waals surface area contributed by atoms with Crippen LogP contribution >= 0.6 is 0 Å². The first-order valence-electron chi connectivity index (χ1n) is 5.68. The number of carbonyl (C=O) groups is 1. The first kappa shape index (κ1) is 14.3. The monoisotopic (exact) mass is 299 g/mol. The minimum absolute atomic E-state index is 0.0446. The minimum atomic E-state index is -3.33. The molecular weight excluding hydrogens is 286 g/mol. The Hall–Kier alpha value is -2.13. The van der Waals surface area contributed by atoms with Gasteiger partial charge in [0.15, 0.2) is 0 Å². The molecule has 2 rings (SSSR count). The van der Waals surface area contributed by atoms with E-state index in [1.54, 1.807) is 0 Å². The van der Waals surface area contributed by atoms with Gasteiger partial charge in [0.25, 0.3) is 0 Å². The molecular formula is C11H13N3O5S. The second-order valence-corrected chi connectivity index (χ2v) is 6.12. The highest BCUT2D eigenvalue weighted by Gasteiger charge is 2.10. The second-order valence-electron chi connectivity index (χ2n) is 4.29. The van der Waals surface area contributed by atoms with Crippen molar-refractivity contribution in [3.63, 3.8) is 0 Å². The minimum Gasteiger partial charge on any atom is -0.478 e. The predicted octanol–water partition coefficient (Wildman–Crippen LogP) is -0.423. The summed E-state index contributed by atoms with van der Waals surface area (Å²) in [7, 11) is -3.33. The summed E-state index contributed by atoms with van der Waals surface area (Å²) in [5.74, 6) is -1.10. The summed E-state index contributed by atoms with van der Waals surface area (Å²) in [6.45, 7) is 0.151. The second kappa shape index (κ2) is 5.10. The fourth-order valence-corrected chi connectivity index (χ4v) is 2.31. The van der Waals surface area contributed by atoms with Crippen molar-refractivity contribution < 1.29 is 18.3 Å². The van der Waals surface area contributed by atoms with Crippen LogP contribution in [0.15, 0.2) is 23.0 Å². The normalized spacial score (nSPS) is 11.8. The summed E-state index contributed by atoms with van der Waals surface area (Å²) in [6, 6.07) is 4.26. The van der Waals surface area contributed by atoms with Crippen molar-refractivity contribution in [1.29, 1.82) is 0 Å². The van der Waals surface area contributed by atoms with E-state index in [1.807, 2.05) is 0 Å². The molecule has 0 fully saturated rings. The number of imidazole rings is 1. The lowest BCUT2D eigenvalue weighted by molar-refractivity contribution is 0.0697. The molecule has 0 spiro atoms. The maximum absolute atomic E-state index is 11.8. The van der Waals surface area contributed by atoms with Gasteiger partial charge in [-0.1, -0.05) is 0 Å². The van der Waals surface area contributed by atoms with Crippen LogP contribution in [0.1, 0.15) is 10.4 Å². The van der Waals surface area contributed by atoms with E-state index in [4.69, 9.17) is 5.11 Å². The molecule has 1 heterocycles. The number of carboxylic acid groups (broad SMARTS) is 1. The first-order chi connectivity index (χ1) is 9.28. The lowest BCUT2D eigenvalue weighted by Crippen LogP contribution is -2.29. The highest BCUT2D eigenvalue weighted by molar-refractivity contribution is 7.88. The predicted molar refractivity (Wildman–Crippen MR) is 72.4 cm³/mol. The van der Waals surface area contributed by atoms with Crippen molar-refractivity contribution in [2.24, 2.45) is 0 Å². The molecule has 0 bridgehead atoms. The molecule has 0 atom stereocenters. The lowest BCUT2D eigenvalue weighted by Gasteiger charge is -2.04. The number of aromatic carboxylic acids is 1. The third-order valence-corrected chi connectivity index (χ3v) is 3.45. The standard InChI is InChI=1S/C11H13N3O5S/c1-20(18,19)12-4-5-14-9-6-7(10(15)16)2-3-8(9)13-11(14)17/h2-3,6,12H,4-5H2,1H3,(H,13,17)(H,15,16). The third-order valence-electron chi connectivity index (χ3n) is 2.72. The fraction of sp³-hybridized carbons (Fsp3) is 0.273. The average molecular weight is 299 g/mol. The molecule has 1 aromatic heterocycles. The summed E-state index contributed by atoms with van der Waals surface area (Å²) in [4.78, 5) is 25.3. The van der Waals surface area contributed by atoms with Gasteiger partial charge >= 0.3 is 11.7 Å². The SMILES string of the molecule is CS(=O)(=O)NCCn1c(=O)[nH]c2ccc(C(=O)O)cc21. The van der Waals surface area contributed by atoms with Crippen LogP contribution < -0.4 is 10.4 Å². The quantitative estimate of drug-likeness (QED) is 0.692. The lowest BCUT2D eigenvalue weighted by atomic mass is 10.2. The molecule has 0 saturated carbocycles. The summed E-state index contributed by atoms with van der Waals surface area (Å²) >= 11 is 0. The zero-order chi connectivity index (χ0) is 14.9. The van der Waals surface area contributed by atoms with E-state index in [0.717, 1.165) is 6.26 Å². The Kier molecular flexibility index (Phi) is 3.64. The van der Waals surface area contributed by atoms with Crippen LogP contribution in [-0.4, -0.2) is 41.8 Å². The van der Waals surface area contributed by atoms with Gasteiger partial charge in [-0.25, -0.2) is 22.7 Å². The molecule has 0 saturated heterocycles. The number of rotatable bonds is 5. The van der Waals surface area contributed by atoms with Crippen LogP contribution in [0.5, 0.6) is 0 Å². The highest BCUT2D eigenvalue weighted by atomic mass is 32.2. The van der Waals surface area contributed by atoms with Gasteiger partial charge in [-0.2, -0.15) is 0 Å². The van der Waals surface area contributed by atoms with Crippen molar-refractivity contribution in [3.8, 4) is 0 Å². The van der Waals surface area contributed by atoms with Gasteiger partial charge in [-0.05, 0) is 18.2 Å². The Morgan fingerprint density at radius 3 is 2.75 bits per heavy atom. The molecule has 9 heteroatoms. The molecule has 0 radical (unpaired) electrons. The summed E-state index contributed by atoms with van der Waals surface area (Å²) in [5.41, 5.74) is 0.559. The van der Waals surface area contributed by atoms with Crippen molar-refractivity contribution in [2.45, 2.75) is 6.54 Å². The molecule has 0 unspecified atom stereocenters. The van der Waals surface area contributed by atoms with Crippen molar-refractivity contribution in [3.05, 3.63) is 34.2 Å². The maximum Gasteiger partial charge on any atom is 0.335 e. The number of hydrogen-bond acceptors (Lipinski definition) is 4. The number of aromatic amines is 1. The van der Waals surface area contributed by atoms with Gasteiger partial charge < -0.3 is 10.1 Å². The van der Waals surface area contributed by atoms with E-state index in [9.17, 15) is 18.0 Å². The molecule has 2 aromatic rings. The first-order valence-corrected chi connectivity index (χ1v) is 7.57. The number of carboxylic acids is 1. The summed E-state index contributed by atoms with van der Waals surface area (Å²) in [5, 5.41) is 8.94. The van der Waals surface area contributed by atoms with Crippen LogP contribution in [0.3, 0.4) is 0 Å². The van der Waals surface area contributed by atoms with E-state index < -0.39 is 21.7 Å². The van der Waals surface area contributed by atoms with Crippen LogP contribution in [0.4, 0.5) is 0 Å². The van der Waals surface area contributed by atoms with E-state index in [0.29, 0.717) is 11.0 Å². The van der Waals surface area contributed by atoms with Crippen LogP contribution in [-0.2, 0) is 16.6 Å². The Morgan fingerprint density at radius 1 is 1.45 bits per heavy atom. The largest absolute Gasteiger partial charge is 0.478 e. The molecule has 108 valence electrons. The number of hydrogen-bond donors (Lipinski definition) is 3. The number of nitrogens with zero attached hydrogens (tertiary/aromatic N) is 1. The van der Waals surface area contributed by atoms with E-state index in [-0.39, 0.29) is 18.7 Å². The fourth-order valence-electron chi connectivity index (χ4n) is 1.85. The summed E-state index contributed by atoms with van der Waals surface area (Å²) in [6.07, 6.45) is 1.02. The summed E-state index contributed by atoms with van der Waals surface area (Å²) < 4.78 is 25.5. The van der Waals surface area contributed by atoms with Gasteiger partial charge in [0, 0.05) is 13.1 Å². The molecule has 8 nitrogen and oxygen atoms in total. The number of benzene rings is 1. The molecule has 20 heavy (non-hydrogen) atoms. The van der Waals surface area contributed by atoms with Gasteiger partial charge in [-0.15, -0.1) is 0 Å². The number of fused-ring (bicyclic) bond motifs is 1. The molecule has 0 aliphatic rings. The van der Waals surface area contributed by atoms with Crippen molar-refractivity contribution in [1.82, 2.24) is 14.3 Å². The van der Waals surface area contributed by atoms with Crippen molar-refractivity contribution in [2.75, 3.05) is 12.8 Å². The Morgan fingerprint density at radius 2 is 2.15 bits per heavy atom. The number of aromatic nitrogens is 2.